The molecule has 2 aliphatic heterocycles. The minimum absolute atomic E-state index is 0.0849. The molecule has 2 heterocycles. The first kappa shape index (κ1) is 15.0. The molecule has 0 radical (unpaired) electrons. The summed E-state index contributed by atoms with van der Waals surface area (Å²) in [5.74, 6) is -0.316. The highest BCUT2D eigenvalue weighted by atomic mass is 32.2. The molecule has 2 saturated heterocycles. The van der Waals surface area contributed by atoms with Crippen LogP contribution in [0.2, 0.25) is 0 Å². The monoisotopic (exact) mass is 301 g/mol. The van der Waals surface area contributed by atoms with Gasteiger partial charge >= 0.3 is 12.0 Å². The first-order valence-corrected chi connectivity index (χ1v) is 7.78. The molecule has 0 aromatic carbocycles. The van der Waals surface area contributed by atoms with Crippen molar-refractivity contribution >= 4 is 29.7 Å². The predicted molar refractivity (Wildman–Crippen MR) is 74.6 cm³/mol. The summed E-state index contributed by atoms with van der Waals surface area (Å²) < 4.78 is 0. The van der Waals surface area contributed by atoms with Crippen LogP contribution in [0.3, 0.4) is 0 Å². The maximum absolute atomic E-state index is 11.3. The predicted octanol–water partition coefficient (Wildman–Crippen LogP) is -0.0870. The molecule has 0 saturated carbocycles. The zero-order chi connectivity index (χ0) is 14.5. The lowest BCUT2D eigenvalue weighted by Gasteiger charge is -2.16. The van der Waals surface area contributed by atoms with Gasteiger partial charge in [-0.25, -0.2) is 4.79 Å². The van der Waals surface area contributed by atoms with Crippen LogP contribution in [0.5, 0.6) is 0 Å². The second kappa shape index (κ2) is 6.83. The molecular weight excluding hydrogens is 282 g/mol. The van der Waals surface area contributed by atoms with E-state index in [1.807, 2.05) is 11.8 Å². The second-order valence-electron chi connectivity index (χ2n) is 5.04. The Hall–Kier alpha value is -1.44. The lowest BCUT2D eigenvalue weighted by molar-refractivity contribution is -0.137. The molecule has 0 spiro atoms. The van der Waals surface area contributed by atoms with Crippen molar-refractivity contribution < 1.29 is 19.5 Å². The van der Waals surface area contributed by atoms with Gasteiger partial charge in [-0.05, 0) is 12.8 Å². The fourth-order valence-electron chi connectivity index (χ4n) is 2.54. The Bertz CT molecular complexity index is 404. The van der Waals surface area contributed by atoms with E-state index in [0.29, 0.717) is 11.7 Å². The Balaban J connectivity index is 1.58. The normalized spacial score (nSPS) is 27.6. The van der Waals surface area contributed by atoms with Gasteiger partial charge in [0.15, 0.2) is 0 Å². The van der Waals surface area contributed by atoms with Crippen molar-refractivity contribution in [3.63, 3.8) is 0 Å². The quantitative estimate of drug-likeness (QED) is 0.388. The number of carbonyl (C=O) groups excluding carboxylic acids is 2. The average Bonchev–Trinajstić information content (AvgIpc) is 2.92. The summed E-state index contributed by atoms with van der Waals surface area (Å²) in [6, 6.07) is 0.350. The summed E-state index contributed by atoms with van der Waals surface area (Å²) in [5, 5.41) is 17.0. The van der Waals surface area contributed by atoms with E-state index in [1.54, 1.807) is 0 Å². The average molecular weight is 301 g/mol. The Kier molecular flexibility index (Phi) is 5.11. The topological polar surface area (TPSA) is 108 Å². The van der Waals surface area contributed by atoms with Crippen LogP contribution in [0, 0.1) is 0 Å². The van der Waals surface area contributed by atoms with E-state index in [2.05, 4.69) is 16.0 Å². The molecule has 7 nitrogen and oxygen atoms in total. The van der Waals surface area contributed by atoms with Gasteiger partial charge in [-0.2, -0.15) is 11.8 Å². The van der Waals surface area contributed by atoms with Crippen LogP contribution in [-0.2, 0) is 9.59 Å². The highest BCUT2D eigenvalue weighted by Gasteiger charge is 2.42. The smallest absolute Gasteiger partial charge is 0.322 e. The highest BCUT2D eigenvalue weighted by molar-refractivity contribution is 8.00. The summed E-state index contributed by atoms with van der Waals surface area (Å²) in [4.78, 5) is 32.8. The van der Waals surface area contributed by atoms with Gasteiger partial charge in [0.05, 0.1) is 12.1 Å². The Morgan fingerprint density at radius 3 is 2.90 bits per heavy atom. The highest BCUT2D eigenvalue weighted by Crippen LogP contribution is 2.33. The Morgan fingerprint density at radius 1 is 1.35 bits per heavy atom. The minimum Gasteiger partial charge on any atom is -0.480 e. The molecular formula is C12H19N3O4S. The lowest BCUT2D eigenvalue weighted by Crippen LogP contribution is -2.36. The molecule has 3 amide bonds. The molecule has 2 rings (SSSR count). The summed E-state index contributed by atoms with van der Waals surface area (Å²) in [6.45, 7) is -0.321. The molecule has 0 aromatic heterocycles. The van der Waals surface area contributed by atoms with E-state index in [9.17, 15) is 14.4 Å². The maximum atomic E-state index is 11.3. The Labute approximate surface area is 121 Å². The van der Waals surface area contributed by atoms with Crippen molar-refractivity contribution in [1.82, 2.24) is 16.0 Å². The molecule has 112 valence electrons. The fraction of sp³-hybridized carbons (Fsp3) is 0.750. The van der Waals surface area contributed by atoms with Gasteiger partial charge in [-0.3, -0.25) is 9.59 Å². The number of aliphatic carboxylic acids is 1. The molecule has 20 heavy (non-hydrogen) atoms. The van der Waals surface area contributed by atoms with Gasteiger partial charge in [0.25, 0.3) is 0 Å². The summed E-state index contributed by atoms with van der Waals surface area (Å²) in [7, 11) is 0. The molecule has 2 aliphatic rings. The molecule has 4 N–H and O–H groups in total. The number of hydrogen-bond donors (Lipinski definition) is 4. The third kappa shape index (κ3) is 4.03. The zero-order valence-electron chi connectivity index (χ0n) is 11.1. The van der Waals surface area contributed by atoms with E-state index in [4.69, 9.17) is 5.11 Å². The fourth-order valence-corrected chi connectivity index (χ4v) is 4.08. The summed E-state index contributed by atoms with van der Waals surface area (Å²) >= 11 is 1.85. The number of urea groups is 1. The van der Waals surface area contributed by atoms with Crippen LogP contribution in [0.1, 0.15) is 25.7 Å². The van der Waals surface area contributed by atoms with E-state index < -0.39 is 5.97 Å². The van der Waals surface area contributed by atoms with Crippen molar-refractivity contribution in [2.24, 2.45) is 0 Å². The third-order valence-electron chi connectivity index (χ3n) is 3.52. The first-order valence-electron chi connectivity index (χ1n) is 6.73. The van der Waals surface area contributed by atoms with Crippen molar-refractivity contribution in [3.05, 3.63) is 0 Å². The van der Waals surface area contributed by atoms with Crippen LogP contribution in [-0.4, -0.2) is 52.6 Å². The lowest BCUT2D eigenvalue weighted by atomic mass is 10.0. The molecule has 8 heteroatoms. The first-order chi connectivity index (χ1) is 9.56. The number of carboxylic acids is 1. The van der Waals surface area contributed by atoms with Crippen LogP contribution in [0.25, 0.3) is 0 Å². The van der Waals surface area contributed by atoms with Gasteiger partial charge in [0.1, 0.15) is 6.54 Å². The number of unbranched alkanes of at least 4 members (excludes halogenated alkanes) is 1. The van der Waals surface area contributed by atoms with E-state index >= 15 is 0 Å². The van der Waals surface area contributed by atoms with Gasteiger partial charge < -0.3 is 21.1 Å². The van der Waals surface area contributed by atoms with Crippen LogP contribution in [0.4, 0.5) is 4.79 Å². The second-order valence-corrected chi connectivity index (χ2v) is 6.31. The minimum atomic E-state index is -1.03. The largest absolute Gasteiger partial charge is 0.480 e. The molecule has 3 atom stereocenters. The Morgan fingerprint density at radius 2 is 2.15 bits per heavy atom. The van der Waals surface area contributed by atoms with Crippen LogP contribution >= 0.6 is 11.8 Å². The SMILES string of the molecule is O=C(O)CNC(=O)CCCC[C@@H]1SC[C@H]2NC(=O)N[C@@H]12. The number of nitrogens with one attached hydrogen (secondary N) is 3. The maximum Gasteiger partial charge on any atom is 0.322 e. The number of fused-ring (bicyclic) bond motifs is 1. The number of rotatable bonds is 7. The molecule has 0 unspecified atom stereocenters. The van der Waals surface area contributed by atoms with Gasteiger partial charge in [-0.15, -0.1) is 0 Å². The van der Waals surface area contributed by atoms with Crippen LogP contribution in [0.15, 0.2) is 0 Å². The van der Waals surface area contributed by atoms with Crippen LogP contribution < -0.4 is 16.0 Å². The molecule has 0 aromatic rings. The van der Waals surface area contributed by atoms with E-state index in [1.165, 1.54) is 0 Å². The van der Waals surface area contributed by atoms with Gasteiger partial charge in [-0.1, -0.05) is 6.42 Å². The molecule has 0 aliphatic carbocycles. The number of amides is 3. The van der Waals surface area contributed by atoms with Crippen molar-refractivity contribution in [2.75, 3.05) is 12.3 Å². The number of carboxylic acid groups (broad SMARTS) is 1. The van der Waals surface area contributed by atoms with Gasteiger partial charge in [0, 0.05) is 17.4 Å². The van der Waals surface area contributed by atoms with E-state index in [0.717, 1.165) is 25.0 Å². The number of carbonyl (C=O) groups is 3. The summed E-state index contributed by atoms with van der Waals surface area (Å²) in [5.41, 5.74) is 0. The number of thioether (sulfide) groups is 1. The standard InChI is InChI=1S/C12H19N3O4S/c16-9(13-5-10(17)18)4-2-1-3-8-11-7(6-20-8)14-12(19)15-11/h7-8,11H,1-6H2,(H,13,16)(H,17,18)(H2,14,15,19)/t7-,8+,11-/m1/s1. The van der Waals surface area contributed by atoms with Gasteiger partial charge in [0.2, 0.25) is 5.91 Å². The third-order valence-corrected chi connectivity index (χ3v) is 5.03. The van der Waals surface area contributed by atoms with E-state index in [-0.39, 0.29) is 30.6 Å². The number of hydrogen-bond acceptors (Lipinski definition) is 4. The van der Waals surface area contributed by atoms with Crippen molar-refractivity contribution in [2.45, 2.75) is 43.0 Å². The van der Waals surface area contributed by atoms with Crippen molar-refractivity contribution in [1.29, 1.82) is 0 Å². The molecule has 2 fully saturated rings. The van der Waals surface area contributed by atoms with Crippen molar-refractivity contribution in [3.8, 4) is 0 Å². The summed E-state index contributed by atoms with van der Waals surface area (Å²) in [6.07, 6.45) is 2.95. The zero-order valence-corrected chi connectivity index (χ0v) is 11.9. The molecule has 0 bridgehead atoms.